The van der Waals surface area contributed by atoms with Crippen molar-refractivity contribution in [2.24, 2.45) is 11.3 Å². The van der Waals surface area contributed by atoms with Crippen LogP contribution in [0.3, 0.4) is 0 Å². The second-order valence-corrected chi connectivity index (χ2v) is 7.53. The Morgan fingerprint density at radius 1 is 1.50 bits per heavy atom. The van der Waals surface area contributed by atoms with Crippen LogP contribution >= 0.6 is 0 Å². The van der Waals surface area contributed by atoms with Gasteiger partial charge >= 0.3 is 0 Å². The molecule has 2 heterocycles. The normalized spacial score (nSPS) is 32.8. The van der Waals surface area contributed by atoms with Gasteiger partial charge in [-0.25, -0.2) is 12.7 Å². The Morgan fingerprint density at radius 3 is 2.72 bits per heavy atom. The topological polar surface area (TPSA) is 75.7 Å². The molecule has 0 spiro atoms. The molecule has 2 atom stereocenters. The third-order valence-electron chi connectivity index (χ3n) is 3.68. The van der Waals surface area contributed by atoms with Gasteiger partial charge in [-0.15, -0.1) is 0 Å². The second kappa shape index (κ2) is 4.47. The van der Waals surface area contributed by atoms with E-state index in [1.807, 2.05) is 13.8 Å². The zero-order chi connectivity index (χ0) is 13.6. The first kappa shape index (κ1) is 13.8. The lowest BCUT2D eigenvalue weighted by Crippen LogP contribution is -2.49. The molecule has 0 unspecified atom stereocenters. The molecule has 0 aromatic heterocycles. The second-order valence-electron chi connectivity index (χ2n) is 5.55. The molecular weight excluding hydrogens is 256 g/mol. The molecule has 2 saturated heterocycles. The molecule has 0 saturated carbocycles. The number of rotatable bonds is 3. The summed E-state index contributed by atoms with van der Waals surface area (Å²) in [5.74, 6) is -0.128. The van der Waals surface area contributed by atoms with Crippen molar-refractivity contribution in [2.75, 3.05) is 32.6 Å². The molecule has 2 aliphatic heterocycles. The SMILES string of the molecule is CC(C)NC(=O)[C@]12COC[C@H]1CN(S(C)(=O)=O)C2. The van der Waals surface area contributed by atoms with E-state index in [9.17, 15) is 13.2 Å². The fourth-order valence-electron chi connectivity index (χ4n) is 2.67. The molecule has 18 heavy (non-hydrogen) atoms. The highest BCUT2D eigenvalue weighted by molar-refractivity contribution is 7.88. The number of carbonyl (C=O) groups excluding carboxylic acids is 1. The molecule has 104 valence electrons. The Morgan fingerprint density at radius 2 is 2.17 bits per heavy atom. The van der Waals surface area contributed by atoms with Gasteiger partial charge in [-0.05, 0) is 13.8 Å². The zero-order valence-corrected chi connectivity index (χ0v) is 11.8. The average molecular weight is 276 g/mol. The maximum absolute atomic E-state index is 12.3. The van der Waals surface area contributed by atoms with Gasteiger partial charge in [0.25, 0.3) is 0 Å². The van der Waals surface area contributed by atoms with Crippen molar-refractivity contribution >= 4 is 15.9 Å². The fourth-order valence-corrected chi connectivity index (χ4v) is 3.58. The van der Waals surface area contributed by atoms with E-state index in [4.69, 9.17) is 4.74 Å². The van der Waals surface area contributed by atoms with Crippen LogP contribution < -0.4 is 5.32 Å². The van der Waals surface area contributed by atoms with Gasteiger partial charge in [-0.1, -0.05) is 0 Å². The Labute approximate surface area is 108 Å². The monoisotopic (exact) mass is 276 g/mol. The summed E-state index contributed by atoms with van der Waals surface area (Å²) in [7, 11) is -3.25. The van der Waals surface area contributed by atoms with Crippen molar-refractivity contribution in [1.82, 2.24) is 9.62 Å². The van der Waals surface area contributed by atoms with Crippen LogP contribution in [-0.4, -0.2) is 57.2 Å². The van der Waals surface area contributed by atoms with Gasteiger partial charge in [0.15, 0.2) is 0 Å². The Hall–Kier alpha value is -0.660. The number of fused-ring (bicyclic) bond motifs is 1. The Bertz CT molecular complexity index is 448. The van der Waals surface area contributed by atoms with Crippen molar-refractivity contribution < 1.29 is 17.9 Å². The van der Waals surface area contributed by atoms with E-state index in [-0.39, 0.29) is 24.4 Å². The summed E-state index contributed by atoms with van der Waals surface area (Å²) < 4.78 is 30.0. The summed E-state index contributed by atoms with van der Waals surface area (Å²) in [6.07, 6.45) is 1.18. The summed E-state index contributed by atoms with van der Waals surface area (Å²) in [6, 6.07) is 0.0420. The van der Waals surface area contributed by atoms with E-state index in [0.29, 0.717) is 19.8 Å². The Kier molecular flexibility index (Phi) is 3.42. The van der Waals surface area contributed by atoms with E-state index in [2.05, 4.69) is 5.32 Å². The van der Waals surface area contributed by atoms with Crippen molar-refractivity contribution in [3.8, 4) is 0 Å². The minimum Gasteiger partial charge on any atom is -0.380 e. The fraction of sp³-hybridized carbons (Fsp3) is 0.909. The van der Waals surface area contributed by atoms with E-state index in [0.717, 1.165) is 0 Å². The molecule has 2 aliphatic rings. The summed E-state index contributed by atoms with van der Waals surface area (Å²) in [5, 5.41) is 2.88. The summed E-state index contributed by atoms with van der Waals surface area (Å²) in [4.78, 5) is 12.3. The number of nitrogens with one attached hydrogen (secondary N) is 1. The number of amides is 1. The van der Waals surface area contributed by atoms with Gasteiger partial charge < -0.3 is 10.1 Å². The standard InChI is InChI=1S/C11H20N2O4S/c1-8(2)12-10(14)11-6-13(18(3,15)16)4-9(11)5-17-7-11/h8-9H,4-7H2,1-3H3,(H,12,14)/t9-,11-/m1/s1. The molecule has 2 rings (SSSR count). The maximum Gasteiger partial charge on any atom is 0.230 e. The highest BCUT2D eigenvalue weighted by atomic mass is 32.2. The highest BCUT2D eigenvalue weighted by Gasteiger charge is 2.57. The predicted octanol–water partition coefficient (Wildman–Crippen LogP) is -0.581. The van der Waals surface area contributed by atoms with Crippen LogP contribution in [0.25, 0.3) is 0 Å². The van der Waals surface area contributed by atoms with Gasteiger partial charge in [-0.2, -0.15) is 0 Å². The molecule has 2 fully saturated rings. The number of nitrogens with zero attached hydrogens (tertiary/aromatic N) is 1. The lowest BCUT2D eigenvalue weighted by Gasteiger charge is -2.26. The molecule has 0 aromatic carbocycles. The van der Waals surface area contributed by atoms with Crippen LogP contribution in [-0.2, 0) is 19.6 Å². The molecule has 0 aromatic rings. The van der Waals surface area contributed by atoms with Crippen molar-refractivity contribution in [3.05, 3.63) is 0 Å². The van der Waals surface area contributed by atoms with Gasteiger partial charge in [0, 0.05) is 25.0 Å². The van der Waals surface area contributed by atoms with Gasteiger partial charge in [0.1, 0.15) is 0 Å². The molecule has 0 aliphatic carbocycles. The molecule has 1 amide bonds. The first-order valence-corrected chi connectivity index (χ1v) is 7.94. The van der Waals surface area contributed by atoms with E-state index >= 15 is 0 Å². The third-order valence-corrected chi connectivity index (χ3v) is 4.90. The first-order chi connectivity index (χ1) is 8.25. The third kappa shape index (κ3) is 2.26. The van der Waals surface area contributed by atoms with Crippen molar-refractivity contribution in [3.63, 3.8) is 0 Å². The maximum atomic E-state index is 12.3. The minimum absolute atomic E-state index is 0.0361. The van der Waals surface area contributed by atoms with Gasteiger partial charge in [0.2, 0.25) is 15.9 Å². The van der Waals surface area contributed by atoms with Crippen LogP contribution in [0.5, 0.6) is 0 Å². The lowest BCUT2D eigenvalue weighted by molar-refractivity contribution is -0.132. The molecule has 0 radical (unpaired) electrons. The molecule has 1 N–H and O–H groups in total. The average Bonchev–Trinajstić information content (AvgIpc) is 2.70. The van der Waals surface area contributed by atoms with Crippen LogP contribution in [0.1, 0.15) is 13.8 Å². The molecule has 7 heteroatoms. The van der Waals surface area contributed by atoms with Crippen LogP contribution in [0.4, 0.5) is 0 Å². The molecule has 6 nitrogen and oxygen atoms in total. The smallest absolute Gasteiger partial charge is 0.230 e. The summed E-state index contributed by atoms with van der Waals surface area (Å²) in [6.45, 7) is 5.16. The summed E-state index contributed by atoms with van der Waals surface area (Å²) >= 11 is 0. The zero-order valence-electron chi connectivity index (χ0n) is 11.0. The van der Waals surface area contributed by atoms with Gasteiger partial charge in [0.05, 0.1) is 24.9 Å². The first-order valence-electron chi connectivity index (χ1n) is 6.09. The quantitative estimate of drug-likeness (QED) is 0.748. The van der Waals surface area contributed by atoms with Crippen LogP contribution in [0.2, 0.25) is 0 Å². The minimum atomic E-state index is -3.25. The highest BCUT2D eigenvalue weighted by Crippen LogP contribution is 2.42. The number of hydrogen-bond acceptors (Lipinski definition) is 4. The lowest BCUT2D eigenvalue weighted by atomic mass is 9.80. The van der Waals surface area contributed by atoms with Crippen molar-refractivity contribution in [1.29, 1.82) is 0 Å². The van der Waals surface area contributed by atoms with E-state index < -0.39 is 15.4 Å². The largest absolute Gasteiger partial charge is 0.380 e. The van der Waals surface area contributed by atoms with Crippen LogP contribution in [0.15, 0.2) is 0 Å². The number of sulfonamides is 1. The Balaban J connectivity index is 2.22. The molecular formula is C11H20N2O4S. The van der Waals surface area contributed by atoms with Gasteiger partial charge in [-0.3, -0.25) is 4.79 Å². The van der Waals surface area contributed by atoms with E-state index in [1.165, 1.54) is 10.6 Å². The number of ether oxygens (including phenoxy) is 1. The van der Waals surface area contributed by atoms with E-state index in [1.54, 1.807) is 0 Å². The summed E-state index contributed by atoms with van der Waals surface area (Å²) in [5.41, 5.74) is -0.701. The molecule has 0 bridgehead atoms. The number of hydrogen-bond donors (Lipinski definition) is 1. The van der Waals surface area contributed by atoms with Crippen molar-refractivity contribution in [2.45, 2.75) is 19.9 Å². The predicted molar refractivity (Wildman–Crippen MR) is 66.4 cm³/mol. The van der Waals surface area contributed by atoms with Crippen LogP contribution in [0, 0.1) is 11.3 Å². The number of carbonyl (C=O) groups is 1.